The number of hydrogen-bond acceptors (Lipinski definition) is 3. The van der Waals surface area contributed by atoms with Gasteiger partial charge in [0.05, 0.1) is 10.0 Å². The molecule has 3 nitrogen and oxygen atoms in total. The number of nitrogens with one attached hydrogen (secondary N) is 1. The van der Waals surface area contributed by atoms with Crippen LogP contribution in [0.5, 0.6) is 0 Å². The van der Waals surface area contributed by atoms with Crippen molar-refractivity contribution in [2.45, 2.75) is 19.8 Å². The fourth-order valence-corrected chi connectivity index (χ4v) is 2.32. The maximum Gasteiger partial charge on any atom is 0.136 e. The molecule has 106 valence electrons. The van der Waals surface area contributed by atoms with E-state index >= 15 is 0 Å². The quantitative estimate of drug-likeness (QED) is 0.776. The Labute approximate surface area is 129 Å². The first-order valence-electron chi connectivity index (χ1n) is 6.58. The van der Waals surface area contributed by atoms with Gasteiger partial charge in [0.25, 0.3) is 0 Å². The van der Waals surface area contributed by atoms with Gasteiger partial charge in [-0.2, -0.15) is 0 Å². The molecule has 0 spiro atoms. The van der Waals surface area contributed by atoms with Crippen LogP contribution in [0, 0.1) is 0 Å². The number of rotatable bonds is 5. The van der Waals surface area contributed by atoms with E-state index in [1.165, 1.54) is 0 Å². The van der Waals surface area contributed by atoms with Crippen LogP contribution in [0.1, 0.15) is 19.8 Å². The van der Waals surface area contributed by atoms with Gasteiger partial charge in [0.15, 0.2) is 0 Å². The Morgan fingerprint density at radius 3 is 2.70 bits per heavy atom. The lowest BCUT2D eigenvalue weighted by atomic mass is 10.1. The standard InChI is InChI=1S/C15H17Cl2N3/c1-2-3-9-19-15-11(7-8-13(18)20-15)10-5-4-6-12(16)14(10)17/h4-8H,2-3,9H2,1H3,(H3,18,19,20). The van der Waals surface area contributed by atoms with Crippen molar-refractivity contribution in [3.05, 3.63) is 40.4 Å². The van der Waals surface area contributed by atoms with Crippen molar-refractivity contribution in [3.8, 4) is 11.1 Å². The molecule has 1 heterocycles. The van der Waals surface area contributed by atoms with Gasteiger partial charge in [0, 0.05) is 17.7 Å². The molecule has 0 aliphatic heterocycles. The molecule has 0 aliphatic carbocycles. The molecule has 0 aliphatic rings. The van der Waals surface area contributed by atoms with Gasteiger partial charge < -0.3 is 11.1 Å². The number of nitrogen functional groups attached to an aromatic ring is 1. The van der Waals surface area contributed by atoms with Crippen LogP contribution in [0.15, 0.2) is 30.3 Å². The number of unbranched alkanes of at least 4 members (excludes halogenated alkanes) is 1. The Bertz CT molecular complexity index is 600. The van der Waals surface area contributed by atoms with Gasteiger partial charge in [-0.1, -0.05) is 48.7 Å². The van der Waals surface area contributed by atoms with Crippen molar-refractivity contribution in [2.24, 2.45) is 0 Å². The van der Waals surface area contributed by atoms with Crippen molar-refractivity contribution in [1.29, 1.82) is 0 Å². The Morgan fingerprint density at radius 1 is 1.15 bits per heavy atom. The second-order valence-corrected chi connectivity index (χ2v) is 5.30. The molecular formula is C15H17Cl2N3. The maximum absolute atomic E-state index is 6.28. The van der Waals surface area contributed by atoms with Crippen LogP contribution in [-0.2, 0) is 0 Å². The number of benzene rings is 1. The minimum absolute atomic E-state index is 0.478. The number of hydrogen-bond donors (Lipinski definition) is 2. The van der Waals surface area contributed by atoms with Gasteiger partial charge in [-0.05, 0) is 24.6 Å². The number of nitrogens with zero attached hydrogens (tertiary/aromatic N) is 1. The summed E-state index contributed by atoms with van der Waals surface area (Å²) in [5, 5.41) is 4.36. The molecule has 2 aromatic rings. The first-order chi connectivity index (χ1) is 9.63. The topological polar surface area (TPSA) is 50.9 Å². The van der Waals surface area contributed by atoms with Gasteiger partial charge in [-0.25, -0.2) is 4.98 Å². The molecule has 0 saturated heterocycles. The molecule has 20 heavy (non-hydrogen) atoms. The molecule has 5 heteroatoms. The SMILES string of the molecule is CCCCNc1nc(N)ccc1-c1cccc(Cl)c1Cl. The molecule has 1 aromatic heterocycles. The normalized spacial score (nSPS) is 10.6. The molecular weight excluding hydrogens is 293 g/mol. The third-order valence-electron chi connectivity index (χ3n) is 2.98. The number of anilines is 2. The molecule has 0 bridgehead atoms. The summed E-state index contributed by atoms with van der Waals surface area (Å²) >= 11 is 12.4. The second-order valence-electron chi connectivity index (χ2n) is 4.51. The maximum atomic E-state index is 6.28. The predicted octanol–water partition coefficient (Wildman–Crippen LogP) is 4.85. The van der Waals surface area contributed by atoms with Crippen LogP contribution in [0.25, 0.3) is 11.1 Å². The van der Waals surface area contributed by atoms with Crippen LogP contribution < -0.4 is 11.1 Å². The number of halogens is 2. The summed E-state index contributed by atoms with van der Waals surface area (Å²) in [6, 6.07) is 9.23. The van der Waals surface area contributed by atoms with E-state index in [1.54, 1.807) is 12.1 Å². The van der Waals surface area contributed by atoms with E-state index in [0.29, 0.717) is 15.9 Å². The lowest BCUT2D eigenvalue weighted by molar-refractivity contribution is 0.831. The summed E-state index contributed by atoms with van der Waals surface area (Å²) in [4.78, 5) is 4.36. The molecule has 0 amide bonds. The Kier molecular flexibility index (Phi) is 5.10. The average Bonchev–Trinajstić information content (AvgIpc) is 2.43. The molecule has 0 unspecified atom stereocenters. The fraction of sp³-hybridized carbons (Fsp3) is 0.267. The van der Waals surface area contributed by atoms with Crippen molar-refractivity contribution >= 4 is 34.8 Å². The fourth-order valence-electron chi connectivity index (χ4n) is 1.92. The van der Waals surface area contributed by atoms with E-state index < -0.39 is 0 Å². The van der Waals surface area contributed by atoms with Crippen molar-refractivity contribution in [3.63, 3.8) is 0 Å². The lowest BCUT2D eigenvalue weighted by Crippen LogP contribution is -2.06. The van der Waals surface area contributed by atoms with Gasteiger partial charge in [0.1, 0.15) is 11.6 Å². The zero-order valence-electron chi connectivity index (χ0n) is 11.3. The summed E-state index contributed by atoms with van der Waals surface area (Å²) in [7, 11) is 0. The molecule has 2 rings (SSSR count). The minimum atomic E-state index is 0.478. The van der Waals surface area contributed by atoms with Gasteiger partial charge in [-0.15, -0.1) is 0 Å². The van der Waals surface area contributed by atoms with Crippen molar-refractivity contribution in [1.82, 2.24) is 4.98 Å². The molecule has 0 radical (unpaired) electrons. The number of nitrogens with two attached hydrogens (primary N) is 1. The largest absolute Gasteiger partial charge is 0.384 e. The summed E-state index contributed by atoms with van der Waals surface area (Å²) < 4.78 is 0. The minimum Gasteiger partial charge on any atom is -0.384 e. The highest BCUT2D eigenvalue weighted by Gasteiger charge is 2.12. The van der Waals surface area contributed by atoms with Gasteiger partial charge >= 0.3 is 0 Å². The first kappa shape index (κ1) is 14.9. The first-order valence-corrected chi connectivity index (χ1v) is 7.34. The molecule has 1 aromatic carbocycles. The summed E-state index contributed by atoms with van der Waals surface area (Å²) in [6.07, 6.45) is 2.18. The van der Waals surface area contributed by atoms with Crippen LogP contribution in [0.4, 0.5) is 11.6 Å². The molecule has 0 fully saturated rings. The van der Waals surface area contributed by atoms with Crippen molar-refractivity contribution in [2.75, 3.05) is 17.6 Å². The number of aromatic nitrogens is 1. The molecule has 0 saturated carbocycles. The lowest BCUT2D eigenvalue weighted by Gasteiger charge is -2.13. The highest BCUT2D eigenvalue weighted by Crippen LogP contribution is 2.36. The smallest absolute Gasteiger partial charge is 0.136 e. The number of pyridine rings is 1. The van der Waals surface area contributed by atoms with Gasteiger partial charge in [-0.3, -0.25) is 0 Å². The third-order valence-corrected chi connectivity index (χ3v) is 3.80. The molecule has 0 atom stereocenters. The predicted molar refractivity (Wildman–Crippen MR) is 87.5 cm³/mol. The second kappa shape index (κ2) is 6.82. The van der Waals surface area contributed by atoms with Crippen LogP contribution >= 0.6 is 23.2 Å². The van der Waals surface area contributed by atoms with Crippen LogP contribution in [0.2, 0.25) is 10.0 Å². The van der Waals surface area contributed by atoms with E-state index in [4.69, 9.17) is 28.9 Å². The zero-order chi connectivity index (χ0) is 14.5. The zero-order valence-corrected chi connectivity index (χ0v) is 12.8. The molecule has 3 N–H and O–H groups in total. The Morgan fingerprint density at radius 2 is 1.95 bits per heavy atom. The van der Waals surface area contributed by atoms with E-state index in [0.717, 1.165) is 36.3 Å². The van der Waals surface area contributed by atoms with E-state index in [2.05, 4.69) is 17.2 Å². The Balaban J connectivity index is 2.42. The third kappa shape index (κ3) is 3.35. The summed E-state index contributed by atoms with van der Waals surface area (Å²) in [5.74, 6) is 1.22. The summed E-state index contributed by atoms with van der Waals surface area (Å²) in [5.41, 5.74) is 7.53. The Hall–Kier alpha value is -1.45. The average molecular weight is 310 g/mol. The monoisotopic (exact) mass is 309 g/mol. The van der Waals surface area contributed by atoms with E-state index in [9.17, 15) is 0 Å². The van der Waals surface area contributed by atoms with E-state index in [-0.39, 0.29) is 0 Å². The van der Waals surface area contributed by atoms with Crippen molar-refractivity contribution < 1.29 is 0 Å². The van der Waals surface area contributed by atoms with Crippen LogP contribution in [0.3, 0.4) is 0 Å². The highest BCUT2D eigenvalue weighted by atomic mass is 35.5. The van der Waals surface area contributed by atoms with E-state index in [1.807, 2.05) is 18.2 Å². The van der Waals surface area contributed by atoms with Crippen LogP contribution in [-0.4, -0.2) is 11.5 Å². The summed E-state index contributed by atoms with van der Waals surface area (Å²) in [6.45, 7) is 2.99. The van der Waals surface area contributed by atoms with Gasteiger partial charge in [0.2, 0.25) is 0 Å². The highest BCUT2D eigenvalue weighted by molar-refractivity contribution is 6.43.